The van der Waals surface area contributed by atoms with Gasteiger partial charge in [-0.3, -0.25) is 9.59 Å². The Kier molecular flexibility index (Phi) is 5.26. The second-order valence-electron chi connectivity index (χ2n) is 7.46. The average molecular weight is 428 g/mol. The number of para-hydroxylation sites is 1. The highest BCUT2D eigenvalue weighted by atomic mass is 19.4. The number of aromatic nitrogens is 2. The summed E-state index contributed by atoms with van der Waals surface area (Å²) < 4.78 is 40.2. The molecule has 1 saturated carbocycles. The van der Waals surface area contributed by atoms with E-state index in [9.17, 15) is 22.8 Å². The summed E-state index contributed by atoms with van der Waals surface area (Å²) in [6.07, 6.45) is -2.82. The quantitative estimate of drug-likeness (QED) is 0.607. The number of nitrogens with one attached hydrogen (secondary N) is 1. The van der Waals surface area contributed by atoms with E-state index in [0.29, 0.717) is 11.3 Å². The average Bonchev–Trinajstić information content (AvgIpc) is 3.57. The summed E-state index contributed by atoms with van der Waals surface area (Å²) in [7, 11) is 0. The lowest BCUT2D eigenvalue weighted by Crippen LogP contribution is -2.31. The zero-order valence-electron chi connectivity index (χ0n) is 16.3. The molecule has 0 bridgehead atoms. The van der Waals surface area contributed by atoms with Crippen molar-refractivity contribution in [2.45, 2.75) is 31.5 Å². The monoisotopic (exact) mass is 428 g/mol. The highest BCUT2D eigenvalue weighted by Gasteiger charge is 2.31. The van der Waals surface area contributed by atoms with Gasteiger partial charge >= 0.3 is 6.18 Å². The van der Waals surface area contributed by atoms with Crippen molar-refractivity contribution in [2.75, 3.05) is 5.73 Å². The number of anilines is 1. The van der Waals surface area contributed by atoms with Gasteiger partial charge in [0.1, 0.15) is 5.69 Å². The summed E-state index contributed by atoms with van der Waals surface area (Å²) in [5.41, 5.74) is 5.61. The molecule has 31 heavy (non-hydrogen) atoms. The van der Waals surface area contributed by atoms with Gasteiger partial charge in [0, 0.05) is 17.8 Å². The van der Waals surface area contributed by atoms with Crippen molar-refractivity contribution in [1.82, 2.24) is 15.1 Å². The van der Waals surface area contributed by atoms with E-state index in [2.05, 4.69) is 10.4 Å². The Bertz CT molecular complexity index is 1190. The molecule has 1 aliphatic rings. The molecule has 3 aromatic rings. The van der Waals surface area contributed by atoms with Crippen molar-refractivity contribution in [3.63, 3.8) is 0 Å². The predicted molar refractivity (Wildman–Crippen MR) is 109 cm³/mol. The fourth-order valence-electron chi connectivity index (χ4n) is 3.31. The number of nitrogens with zero attached hydrogens (tertiary/aromatic N) is 2. The lowest BCUT2D eigenvalue weighted by atomic mass is 10.1. The van der Waals surface area contributed by atoms with Gasteiger partial charge in [-0.25, -0.2) is 0 Å². The number of benzene rings is 2. The Morgan fingerprint density at radius 3 is 2.48 bits per heavy atom. The number of nitrogen functional groups attached to an aromatic ring is 1. The van der Waals surface area contributed by atoms with Gasteiger partial charge in [-0.2, -0.15) is 23.0 Å². The van der Waals surface area contributed by atoms with Crippen molar-refractivity contribution in [2.24, 2.45) is 0 Å². The van der Waals surface area contributed by atoms with Crippen molar-refractivity contribution in [3.8, 4) is 5.69 Å². The van der Waals surface area contributed by atoms with Gasteiger partial charge < -0.3 is 11.1 Å². The van der Waals surface area contributed by atoms with E-state index < -0.39 is 17.6 Å². The summed E-state index contributed by atoms with van der Waals surface area (Å²) in [5.74, 6) is -0.511. The number of alkyl halides is 3. The first-order valence-corrected chi connectivity index (χ1v) is 9.67. The van der Waals surface area contributed by atoms with E-state index in [1.165, 1.54) is 16.8 Å². The third-order valence-corrected chi connectivity index (χ3v) is 4.99. The van der Waals surface area contributed by atoms with Crippen LogP contribution in [0.4, 0.5) is 18.9 Å². The first kappa shape index (κ1) is 20.6. The molecule has 0 saturated heterocycles. The molecule has 160 valence electrons. The highest BCUT2D eigenvalue weighted by molar-refractivity contribution is 5.92. The van der Waals surface area contributed by atoms with E-state index in [-0.39, 0.29) is 35.0 Å². The maximum absolute atomic E-state index is 13.0. The molecule has 0 aliphatic heterocycles. The second-order valence-corrected chi connectivity index (χ2v) is 7.46. The molecule has 0 radical (unpaired) electrons. The Hall–Kier alpha value is -3.62. The van der Waals surface area contributed by atoms with Gasteiger partial charge in [0.2, 0.25) is 0 Å². The summed E-state index contributed by atoms with van der Waals surface area (Å²) in [6, 6.07) is 13.3. The number of amides is 1. The van der Waals surface area contributed by atoms with Gasteiger partial charge in [-0.05, 0) is 60.7 Å². The molecule has 1 fully saturated rings. The molecule has 4 rings (SSSR count). The maximum atomic E-state index is 13.0. The molecule has 3 N–H and O–H groups in total. The molecule has 1 heterocycles. The van der Waals surface area contributed by atoms with Crippen LogP contribution in [0, 0.1) is 0 Å². The van der Waals surface area contributed by atoms with E-state index >= 15 is 0 Å². The SMILES string of the molecule is Nc1cc(CNC(=O)c2cc(C3CC3)c(=O)n(-c3ccccc3)n2)cc(C(F)(F)F)c1. The lowest BCUT2D eigenvalue weighted by molar-refractivity contribution is -0.137. The number of hydrogen-bond acceptors (Lipinski definition) is 4. The summed E-state index contributed by atoms with van der Waals surface area (Å²) in [6.45, 7) is -0.169. The van der Waals surface area contributed by atoms with Gasteiger partial charge in [-0.15, -0.1) is 0 Å². The van der Waals surface area contributed by atoms with Crippen LogP contribution >= 0.6 is 0 Å². The fraction of sp³-hybridized carbons (Fsp3) is 0.227. The number of rotatable bonds is 5. The van der Waals surface area contributed by atoms with Crippen molar-refractivity contribution in [1.29, 1.82) is 0 Å². The van der Waals surface area contributed by atoms with Gasteiger partial charge in [0.05, 0.1) is 11.3 Å². The zero-order valence-corrected chi connectivity index (χ0v) is 16.3. The van der Waals surface area contributed by atoms with Gasteiger partial charge in [0.25, 0.3) is 11.5 Å². The van der Waals surface area contributed by atoms with Crippen molar-refractivity contribution < 1.29 is 18.0 Å². The van der Waals surface area contributed by atoms with Crippen LogP contribution in [0.15, 0.2) is 59.4 Å². The molecular formula is C22H19F3N4O2. The normalized spacial score (nSPS) is 13.8. The minimum Gasteiger partial charge on any atom is -0.399 e. The Morgan fingerprint density at radius 1 is 1.13 bits per heavy atom. The van der Waals surface area contributed by atoms with Crippen LogP contribution in [0.3, 0.4) is 0 Å². The molecule has 1 aromatic heterocycles. The smallest absolute Gasteiger partial charge is 0.399 e. The van der Waals surface area contributed by atoms with Crippen LogP contribution in [0.1, 0.15) is 45.9 Å². The fourth-order valence-corrected chi connectivity index (χ4v) is 3.31. The predicted octanol–water partition coefficient (Wildman–Crippen LogP) is 3.64. The minimum absolute atomic E-state index is 0.0188. The zero-order chi connectivity index (χ0) is 22.2. The van der Waals surface area contributed by atoms with Crippen LogP contribution in [0.25, 0.3) is 5.69 Å². The van der Waals surface area contributed by atoms with Crippen LogP contribution in [0.5, 0.6) is 0 Å². The molecule has 0 spiro atoms. The van der Waals surface area contributed by atoms with Crippen LogP contribution in [0.2, 0.25) is 0 Å². The molecule has 9 heteroatoms. The number of halogens is 3. The number of hydrogen-bond donors (Lipinski definition) is 2. The van der Waals surface area contributed by atoms with Crippen molar-refractivity contribution >= 4 is 11.6 Å². The first-order chi connectivity index (χ1) is 14.7. The molecule has 1 amide bonds. The summed E-state index contributed by atoms with van der Waals surface area (Å²) >= 11 is 0. The van der Waals surface area contributed by atoms with E-state index in [1.807, 2.05) is 0 Å². The third kappa shape index (κ3) is 4.60. The van der Waals surface area contributed by atoms with E-state index in [4.69, 9.17) is 5.73 Å². The topological polar surface area (TPSA) is 90.0 Å². The largest absolute Gasteiger partial charge is 0.416 e. The van der Waals surface area contributed by atoms with E-state index in [0.717, 1.165) is 25.0 Å². The molecule has 0 atom stereocenters. The maximum Gasteiger partial charge on any atom is 0.416 e. The number of nitrogens with two attached hydrogens (primary N) is 1. The van der Waals surface area contributed by atoms with Crippen molar-refractivity contribution in [3.05, 3.63) is 87.3 Å². The molecule has 6 nitrogen and oxygen atoms in total. The molecule has 2 aromatic carbocycles. The minimum atomic E-state index is -4.54. The standard InChI is InChI=1S/C22H19F3N4O2/c23-22(24,25)15-8-13(9-16(26)10-15)12-27-20(30)19-11-18(14-6-7-14)21(31)29(28-19)17-4-2-1-3-5-17/h1-5,8-11,14H,6-7,12,26H2,(H,27,30). The van der Waals surface area contributed by atoms with Crippen LogP contribution in [-0.2, 0) is 12.7 Å². The number of carbonyl (C=O) groups excluding carboxylic acids is 1. The van der Waals surface area contributed by atoms with E-state index in [1.54, 1.807) is 30.3 Å². The first-order valence-electron chi connectivity index (χ1n) is 9.67. The summed E-state index contributed by atoms with van der Waals surface area (Å²) in [5, 5.41) is 6.75. The van der Waals surface area contributed by atoms with Gasteiger partial charge in [0.15, 0.2) is 0 Å². The highest BCUT2D eigenvalue weighted by Crippen LogP contribution is 2.38. The van der Waals surface area contributed by atoms with Crippen LogP contribution < -0.4 is 16.6 Å². The second kappa shape index (κ2) is 7.90. The molecule has 0 unspecified atom stereocenters. The Balaban J connectivity index is 1.61. The van der Waals surface area contributed by atoms with Gasteiger partial charge in [-0.1, -0.05) is 18.2 Å². The molecule has 1 aliphatic carbocycles. The molecular weight excluding hydrogens is 409 g/mol. The Labute approximate surface area is 175 Å². The lowest BCUT2D eigenvalue weighted by Gasteiger charge is -2.12. The third-order valence-electron chi connectivity index (χ3n) is 4.99. The van der Waals surface area contributed by atoms with Crippen LogP contribution in [-0.4, -0.2) is 15.7 Å². The number of carbonyl (C=O) groups is 1. The Morgan fingerprint density at radius 2 is 1.84 bits per heavy atom. The summed E-state index contributed by atoms with van der Waals surface area (Å²) in [4.78, 5) is 25.6.